The Morgan fingerprint density at radius 1 is 1.00 bits per heavy atom. The van der Waals surface area contributed by atoms with Crippen LogP contribution in [-0.2, 0) is 4.79 Å². The number of nitrogens with zero attached hydrogens (tertiary/aromatic N) is 4. The van der Waals surface area contributed by atoms with Gasteiger partial charge in [-0.05, 0) is 55.7 Å². The van der Waals surface area contributed by atoms with E-state index in [1.807, 2.05) is 11.0 Å². The third-order valence-corrected chi connectivity index (χ3v) is 9.44. The second-order valence-electron chi connectivity index (χ2n) is 12.2. The SMILES string of the molecule is CC1([N+](C)(C)C)CC(C(=O)N2CCC(c3ccnn3-c3ccc(F)c(Cl)c3)CC2)C(c2ccc(F)cc2F)C1. The lowest BCUT2D eigenvalue weighted by atomic mass is 9.86. The molecule has 5 nitrogen and oxygen atoms in total. The van der Waals surface area contributed by atoms with Crippen LogP contribution in [0.2, 0.25) is 5.02 Å². The number of carbonyl (C=O) groups excluding carboxylic acids is 1. The summed E-state index contributed by atoms with van der Waals surface area (Å²) >= 11 is 6.00. The fourth-order valence-corrected chi connectivity index (χ4v) is 6.51. The fraction of sp³-hybridized carbons (Fsp3) is 0.467. The van der Waals surface area contributed by atoms with Crippen LogP contribution in [0.25, 0.3) is 5.69 Å². The molecule has 9 heteroatoms. The Balaban J connectivity index is 1.34. The predicted octanol–water partition coefficient (Wildman–Crippen LogP) is 6.31. The largest absolute Gasteiger partial charge is 0.342 e. The molecule has 1 saturated heterocycles. The van der Waals surface area contributed by atoms with Gasteiger partial charge in [0.1, 0.15) is 17.5 Å². The van der Waals surface area contributed by atoms with Crippen molar-refractivity contribution in [2.45, 2.75) is 50.0 Å². The highest BCUT2D eigenvalue weighted by Gasteiger charge is 2.54. The third-order valence-electron chi connectivity index (χ3n) is 9.15. The number of benzene rings is 2. The van der Waals surface area contributed by atoms with Gasteiger partial charge in [-0.1, -0.05) is 17.7 Å². The highest BCUT2D eigenvalue weighted by molar-refractivity contribution is 6.30. The molecule has 2 aromatic carbocycles. The number of amides is 1. The zero-order valence-electron chi connectivity index (χ0n) is 22.8. The van der Waals surface area contributed by atoms with Crippen LogP contribution in [0, 0.1) is 23.4 Å². The number of likely N-dealkylation sites (tertiary alicyclic amines) is 1. The first-order valence-corrected chi connectivity index (χ1v) is 13.8. The Morgan fingerprint density at radius 3 is 2.36 bits per heavy atom. The van der Waals surface area contributed by atoms with Gasteiger partial charge < -0.3 is 9.38 Å². The predicted molar refractivity (Wildman–Crippen MR) is 145 cm³/mol. The van der Waals surface area contributed by atoms with Gasteiger partial charge in [0.05, 0.1) is 43.3 Å². The van der Waals surface area contributed by atoms with Gasteiger partial charge in [-0.2, -0.15) is 5.10 Å². The van der Waals surface area contributed by atoms with Gasteiger partial charge in [0, 0.05) is 55.7 Å². The molecule has 39 heavy (non-hydrogen) atoms. The van der Waals surface area contributed by atoms with Crippen LogP contribution in [0.5, 0.6) is 0 Å². The van der Waals surface area contributed by atoms with Crippen molar-refractivity contribution in [1.29, 1.82) is 0 Å². The first-order valence-electron chi connectivity index (χ1n) is 13.4. The van der Waals surface area contributed by atoms with Crippen molar-refractivity contribution in [2.24, 2.45) is 5.92 Å². The van der Waals surface area contributed by atoms with Gasteiger partial charge >= 0.3 is 0 Å². The van der Waals surface area contributed by atoms with Gasteiger partial charge in [0.25, 0.3) is 0 Å². The molecule has 1 aliphatic carbocycles. The van der Waals surface area contributed by atoms with E-state index in [2.05, 4.69) is 33.2 Å². The van der Waals surface area contributed by atoms with Crippen LogP contribution in [0.1, 0.15) is 55.7 Å². The van der Waals surface area contributed by atoms with E-state index in [-0.39, 0.29) is 34.2 Å². The van der Waals surface area contributed by atoms with Crippen molar-refractivity contribution in [3.8, 4) is 5.69 Å². The molecule has 1 amide bonds. The maximum Gasteiger partial charge on any atom is 0.226 e. The summed E-state index contributed by atoms with van der Waals surface area (Å²) in [6, 6.07) is 10.2. The molecule has 2 heterocycles. The van der Waals surface area contributed by atoms with E-state index in [0.29, 0.717) is 41.7 Å². The first-order chi connectivity index (χ1) is 18.4. The number of halogens is 4. The average molecular weight is 560 g/mol. The smallest absolute Gasteiger partial charge is 0.226 e. The molecule has 2 aliphatic rings. The van der Waals surface area contributed by atoms with Crippen molar-refractivity contribution in [1.82, 2.24) is 14.7 Å². The number of rotatable bonds is 5. The summed E-state index contributed by atoms with van der Waals surface area (Å²) in [5, 5.41) is 4.48. The number of carbonyl (C=O) groups is 1. The Morgan fingerprint density at radius 2 is 1.72 bits per heavy atom. The van der Waals surface area contributed by atoms with Gasteiger partial charge in [0.2, 0.25) is 5.91 Å². The van der Waals surface area contributed by atoms with Crippen LogP contribution in [-0.4, -0.2) is 64.8 Å². The third kappa shape index (κ3) is 5.21. The monoisotopic (exact) mass is 559 g/mol. The number of hydrogen-bond acceptors (Lipinski definition) is 2. The second kappa shape index (κ2) is 10.3. The molecular weight excluding hydrogens is 525 g/mol. The number of quaternary nitrogens is 1. The summed E-state index contributed by atoms with van der Waals surface area (Å²) < 4.78 is 44.8. The van der Waals surface area contributed by atoms with E-state index < -0.39 is 17.5 Å². The highest BCUT2D eigenvalue weighted by Crippen LogP contribution is 2.50. The van der Waals surface area contributed by atoms with Crippen molar-refractivity contribution >= 4 is 17.5 Å². The number of piperidine rings is 1. The summed E-state index contributed by atoms with van der Waals surface area (Å²) in [6.07, 6.45) is 4.50. The lowest BCUT2D eigenvalue weighted by Gasteiger charge is -2.42. The number of hydrogen-bond donors (Lipinski definition) is 0. The second-order valence-corrected chi connectivity index (χ2v) is 12.6. The van der Waals surface area contributed by atoms with Crippen LogP contribution in [0.15, 0.2) is 48.7 Å². The van der Waals surface area contributed by atoms with Crippen molar-refractivity contribution in [2.75, 3.05) is 34.2 Å². The normalized spacial score (nSPS) is 24.4. The minimum atomic E-state index is -0.615. The Bertz CT molecular complexity index is 1380. The van der Waals surface area contributed by atoms with Gasteiger partial charge in [-0.15, -0.1) is 0 Å². The van der Waals surface area contributed by atoms with E-state index in [9.17, 15) is 18.0 Å². The lowest BCUT2D eigenvalue weighted by Crippen LogP contribution is -2.54. The first kappa shape index (κ1) is 27.7. The summed E-state index contributed by atoms with van der Waals surface area (Å²) in [5.74, 6) is -2.16. The summed E-state index contributed by atoms with van der Waals surface area (Å²) in [4.78, 5) is 15.9. The van der Waals surface area contributed by atoms with Crippen LogP contribution >= 0.6 is 11.6 Å². The quantitative estimate of drug-likeness (QED) is 0.344. The van der Waals surface area contributed by atoms with Crippen LogP contribution in [0.4, 0.5) is 13.2 Å². The molecule has 3 atom stereocenters. The van der Waals surface area contributed by atoms with E-state index in [1.165, 1.54) is 18.2 Å². The van der Waals surface area contributed by atoms with E-state index in [0.717, 1.165) is 24.6 Å². The van der Waals surface area contributed by atoms with Crippen molar-refractivity contribution in [3.05, 3.63) is 82.4 Å². The Labute approximate surface area is 232 Å². The van der Waals surface area contributed by atoms with E-state index in [1.54, 1.807) is 23.0 Å². The van der Waals surface area contributed by atoms with Gasteiger partial charge in [-0.3, -0.25) is 4.79 Å². The molecule has 1 aromatic heterocycles. The zero-order valence-corrected chi connectivity index (χ0v) is 23.6. The van der Waals surface area contributed by atoms with Gasteiger partial charge in [0.15, 0.2) is 0 Å². The molecular formula is C30H35ClF3N4O+. The molecule has 1 saturated carbocycles. The van der Waals surface area contributed by atoms with E-state index in [4.69, 9.17) is 11.6 Å². The van der Waals surface area contributed by atoms with Crippen molar-refractivity contribution in [3.63, 3.8) is 0 Å². The standard InChI is InChI=1S/C30H35ClF3N4O/c1-30(38(2,3)4)17-23(22-7-5-20(32)15-27(22)34)24(18-30)29(39)36-13-10-19(11-14-36)28-9-12-35-37(28)21-6-8-26(33)25(31)16-21/h5-9,12,15-16,19,23-24H,10-11,13-14,17-18H2,1-4H3/q+1. The zero-order chi connectivity index (χ0) is 28.1. The molecule has 1 aliphatic heterocycles. The average Bonchev–Trinajstić information content (AvgIpc) is 3.51. The highest BCUT2D eigenvalue weighted by atomic mass is 35.5. The summed E-state index contributed by atoms with van der Waals surface area (Å²) in [7, 11) is 6.32. The van der Waals surface area contributed by atoms with E-state index >= 15 is 0 Å². The minimum Gasteiger partial charge on any atom is -0.342 e. The molecule has 2 fully saturated rings. The summed E-state index contributed by atoms with van der Waals surface area (Å²) in [5.41, 5.74) is 1.88. The Kier molecular flexibility index (Phi) is 7.31. The Hall–Kier alpha value is -2.84. The maximum atomic E-state index is 15.0. The molecule has 3 aromatic rings. The van der Waals surface area contributed by atoms with Crippen LogP contribution < -0.4 is 0 Å². The lowest BCUT2D eigenvalue weighted by molar-refractivity contribution is -0.921. The molecule has 3 unspecified atom stereocenters. The van der Waals surface area contributed by atoms with Crippen LogP contribution in [0.3, 0.4) is 0 Å². The number of aromatic nitrogens is 2. The molecule has 0 N–H and O–H groups in total. The molecule has 0 spiro atoms. The summed E-state index contributed by atoms with van der Waals surface area (Å²) in [6.45, 7) is 3.31. The fourth-order valence-electron chi connectivity index (χ4n) is 6.34. The molecule has 0 bridgehead atoms. The minimum absolute atomic E-state index is 0.0400. The topological polar surface area (TPSA) is 38.1 Å². The van der Waals surface area contributed by atoms with Crippen molar-refractivity contribution < 1.29 is 22.4 Å². The molecule has 5 rings (SSSR count). The maximum absolute atomic E-state index is 15.0. The van der Waals surface area contributed by atoms with Gasteiger partial charge in [-0.25, -0.2) is 17.9 Å². The molecule has 0 radical (unpaired) electrons. The molecule has 208 valence electrons.